The second-order valence-electron chi connectivity index (χ2n) is 4.07. The molecule has 0 aromatic carbocycles. The van der Waals surface area contributed by atoms with Crippen molar-refractivity contribution in [3.05, 3.63) is 15.0 Å². The van der Waals surface area contributed by atoms with Gasteiger partial charge in [0.25, 0.3) is 0 Å². The van der Waals surface area contributed by atoms with E-state index in [1.807, 2.05) is 6.92 Å². The van der Waals surface area contributed by atoms with E-state index in [0.29, 0.717) is 11.8 Å². The lowest BCUT2D eigenvalue weighted by molar-refractivity contribution is 0.00712. The predicted molar refractivity (Wildman–Crippen MR) is 61.3 cm³/mol. The van der Waals surface area contributed by atoms with E-state index in [1.54, 1.807) is 16.8 Å². The number of nitrogens with zero attached hydrogens (tertiary/aromatic N) is 1. The number of halogens is 1. The maximum Gasteiger partial charge on any atom is 0.123 e. The monoisotopic (exact) mass is 275 g/mol. The van der Waals surface area contributed by atoms with E-state index >= 15 is 0 Å². The average molecular weight is 276 g/mol. The van der Waals surface area contributed by atoms with E-state index in [4.69, 9.17) is 0 Å². The highest BCUT2D eigenvalue weighted by atomic mass is 79.9. The number of aliphatic hydroxyl groups is 1. The molecule has 78 valence electrons. The zero-order valence-electron chi connectivity index (χ0n) is 8.33. The van der Waals surface area contributed by atoms with Gasteiger partial charge in [-0.2, -0.15) is 0 Å². The highest BCUT2D eigenvalue weighted by molar-refractivity contribution is 9.10. The van der Waals surface area contributed by atoms with Gasteiger partial charge < -0.3 is 5.11 Å². The van der Waals surface area contributed by atoms with E-state index in [-0.39, 0.29) is 0 Å². The normalized spacial score (nSPS) is 30.0. The molecule has 1 saturated carbocycles. The first kappa shape index (κ1) is 10.6. The molecule has 1 aromatic rings. The Morgan fingerprint density at radius 2 is 2.43 bits per heavy atom. The molecule has 1 fully saturated rings. The second-order valence-corrected chi connectivity index (χ2v) is 5.68. The standard InChI is InChI=1S/C10H14BrNOS/c1-3-10(13,7-4-6(7)2)8-9(11)12-5-14-8/h5-7,13H,3-4H2,1-2H3. The molecule has 0 saturated heterocycles. The molecule has 3 atom stereocenters. The minimum Gasteiger partial charge on any atom is -0.384 e. The second kappa shape index (κ2) is 3.58. The summed E-state index contributed by atoms with van der Waals surface area (Å²) in [5.74, 6) is 1.07. The maximum atomic E-state index is 10.6. The Kier molecular flexibility index (Phi) is 2.70. The van der Waals surface area contributed by atoms with Crippen LogP contribution in [0.25, 0.3) is 0 Å². The number of aromatic nitrogens is 1. The van der Waals surface area contributed by atoms with Crippen molar-refractivity contribution in [2.75, 3.05) is 0 Å². The Hall–Kier alpha value is 0.0700. The van der Waals surface area contributed by atoms with Crippen molar-refractivity contribution in [2.24, 2.45) is 11.8 Å². The van der Waals surface area contributed by atoms with Crippen molar-refractivity contribution < 1.29 is 5.11 Å². The third-order valence-electron chi connectivity index (χ3n) is 3.18. The Balaban J connectivity index is 2.33. The van der Waals surface area contributed by atoms with Crippen molar-refractivity contribution in [3.8, 4) is 0 Å². The summed E-state index contributed by atoms with van der Waals surface area (Å²) in [5, 5.41) is 10.6. The van der Waals surface area contributed by atoms with Crippen LogP contribution in [-0.4, -0.2) is 10.1 Å². The Morgan fingerprint density at radius 3 is 2.79 bits per heavy atom. The minimum atomic E-state index is -0.653. The molecular weight excluding hydrogens is 262 g/mol. The van der Waals surface area contributed by atoms with E-state index in [0.717, 1.165) is 22.3 Å². The zero-order chi connectivity index (χ0) is 10.3. The molecular formula is C10H14BrNOS. The Labute approximate surface area is 96.5 Å². The molecule has 4 heteroatoms. The fourth-order valence-electron chi connectivity index (χ4n) is 2.09. The molecule has 3 unspecified atom stereocenters. The minimum absolute atomic E-state index is 0.421. The molecule has 1 aromatic heterocycles. The fourth-order valence-corrected chi connectivity index (χ4v) is 3.87. The molecule has 0 aliphatic heterocycles. The summed E-state index contributed by atoms with van der Waals surface area (Å²) in [7, 11) is 0. The average Bonchev–Trinajstić information content (AvgIpc) is 2.74. The van der Waals surface area contributed by atoms with Gasteiger partial charge >= 0.3 is 0 Å². The molecule has 0 spiro atoms. The van der Waals surface area contributed by atoms with Crippen LogP contribution >= 0.6 is 27.3 Å². The first-order chi connectivity index (χ1) is 6.59. The van der Waals surface area contributed by atoms with Crippen molar-refractivity contribution in [1.29, 1.82) is 0 Å². The predicted octanol–water partition coefficient (Wildman–Crippen LogP) is 3.16. The first-order valence-electron chi connectivity index (χ1n) is 4.91. The molecule has 0 amide bonds. The van der Waals surface area contributed by atoms with Crippen LogP contribution in [-0.2, 0) is 5.60 Å². The van der Waals surface area contributed by atoms with E-state index in [9.17, 15) is 5.11 Å². The fraction of sp³-hybridized carbons (Fsp3) is 0.700. The van der Waals surface area contributed by atoms with Gasteiger partial charge in [-0.1, -0.05) is 13.8 Å². The summed E-state index contributed by atoms with van der Waals surface area (Å²) in [4.78, 5) is 5.14. The van der Waals surface area contributed by atoms with Gasteiger partial charge in [-0.05, 0) is 40.6 Å². The van der Waals surface area contributed by atoms with E-state index in [2.05, 4.69) is 27.8 Å². The van der Waals surface area contributed by atoms with E-state index in [1.165, 1.54) is 0 Å². The van der Waals surface area contributed by atoms with E-state index < -0.39 is 5.60 Å². The summed E-state index contributed by atoms with van der Waals surface area (Å²) in [6.07, 6.45) is 1.90. The lowest BCUT2D eigenvalue weighted by Crippen LogP contribution is -2.27. The highest BCUT2D eigenvalue weighted by Crippen LogP contribution is 2.54. The molecule has 2 rings (SSSR count). The molecule has 0 bridgehead atoms. The van der Waals surface area contributed by atoms with Gasteiger partial charge in [0.2, 0.25) is 0 Å². The summed E-state index contributed by atoms with van der Waals surface area (Å²) in [6.45, 7) is 4.23. The summed E-state index contributed by atoms with van der Waals surface area (Å²) in [6, 6.07) is 0. The van der Waals surface area contributed by atoms with Gasteiger partial charge in [-0.25, -0.2) is 4.98 Å². The smallest absolute Gasteiger partial charge is 0.123 e. The van der Waals surface area contributed by atoms with Crippen LogP contribution in [0.15, 0.2) is 10.1 Å². The highest BCUT2D eigenvalue weighted by Gasteiger charge is 2.51. The molecule has 1 aliphatic carbocycles. The zero-order valence-corrected chi connectivity index (χ0v) is 10.7. The SMILES string of the molecule is CCC(O)(c1scnc1Br)C1CC1C. The van der Waals surface area contributed by atoms with Crippen LogP contribution in [0.2, 0.25) is 0 Å². The topological polar surface area (TPSA) is 33.1 Å². The van der Waals surface area contributed by atoms with Crippen molar-refractivity contribution in [1.82, 2.24) is 4.98 Å². The quantitative estimate of drug-likeness (QED) is 0.920. The summed E-state index contributed by atoms with van der Waals surface area (Å²) >= 11 is 4.94. The number of rotatable bonds is 3. The third-order valence-corrected chi connectivity index (χ3v) is 5.04. The number of hydrogen-bond acceptors (Lipinski definition) is 3. The van der Waals surface area contributed by atoms with Gasteiger partial charge in [-0.15, -0.1) is 11.3 Å². The molecule has 1 N–H and O–H groups in total. The van der Waals surface area contributed by atoms with Crippen LogP contribution in [0.4, 0.5) is 0 Å². The van der Waals surface area contributed by atoms with Gasteiger partial charge in [0.15, 0.2) is 0 Å². The van der Waals surface area contributed by atoms with Gasteiger partial charge in [0.1, 0.15) is 10.2 Å². The molecule has 0 radical (unpaired) electrons. The van der Waals surface area contributed by atoms with Gasteiger partial charge in [-0.3, -0.25) is 0 Å². The summed E-state index contributed by atoms with van der Waals surface area (Å²) < 4.78 is 0.811. The van der Waals surface area contributed by atoms with Gasteiger partial charge in [0.05, 0.1) is 10.4 Å². The van der Waals surface area contributed by atoms with Crippen molar-refractivity contribution >= 4 is 27.3 Å². The molecule has 1 heterocycles. The van der Waals surface area contributed by atoms with Crippen LogP contribution < -0.4 is 0 Å². The lowest BCUT2D eigenvalue weighted by Gasteiger charge is -2.26. The maximum absolute atomic E-state index is 10.6. The lowest BCUT2D eigenvalue weighted by atomic mass is 9.92. The third kappa shape index (κ3) is 1.53. The van der Waals surface area contributed by atoms with Crippen LogP contribution in [0, 0.1) is 11.8 Å². The number of thiazole rings is 1. The first-order valence-corrected chi connectivity index (χ1v) is 6.58. The Morgan fingerprint density at radius 1 is 1.79 bits per heavy atom. The molecule has 2 nitrogen and oxygen atoms in total. The largest absolute Gasteiger partial charge is 0.384 e. The van der Waals surface area contributed by atoms with Crippen molar-refractivity contribution in [3.63, 3.8) is 0 Å². The molecule has 1 aliphatic rings. The summed E-state index contributed by atoms with van der Waals surface area (Å²) in [5.41, 5.74) is 1.13. The number of hydrogen-bond donors (Lipinski definition) is 1. The van der Waals surface area contributed by atoms with Gasteiger partial charge in [0, 0.05) is 0 Å². The Bertz CT molecular complexity index is 341. The van der Waals surface area contributed by atoms with Crippen LogP contribution in [0.1, 0.15) is 31.6 Å². The van der Waals surface area contributed by atoms with Crippen LogP contribution in [0.5, 0.6) is 0 Å². The van der Waals surface area contributed by atoms with Crippen molar-refractivity contribution in [2.45, 2.75) is 32.3 Å². The van der Waals surface area contributed by atoms with Crippen LogP contribution in [0.3, 0.4) is 0 Å². The molecule has 14 heavy (non-hydrogen) atoms.